The highest BCUT2D eigenvalue weighted by Crippen LogP contribution is 2.21. The number of benzene rings is 3. The molecule has 0 amide bonds. The number of aryl methyl sites for hydroxylation is 3. The lowest BCUT2D eigenvalue weighted by molar-refractivity contribution is -0.122. The quantitative estimate of drug-likeness (QED) is 0.181. The molecule has 3 rings (SSSR count). The van der Waals surface area contributed by atoms with Crippen molar-refractivity contribution in [2.75, 3.05) is 6.61 Å². The molecule has 0 fully saturated rings. The number of carbonyl (C=O) groups excluding carboxylic acids is 4. The van der Waals surface area contributed by atoms with Crippen LogP contribution in [0.2, 0.25) is 5.82 Å². The second kappa shape index (κ2) is 12.7. The van der Waals surface area contributed by atoms with Gasteiger partial charge < -0.3 is 14.2 Å². The van der Waals surface area contributed by atoms with Crippen LogP contribution in [0.4, 0.5) is 0 Å². The van der Waals surface area contributed by atoms with Crippen LogP contribution in [-0.4, -0.2) is 50.9 Å². The molecule has 0 radical (unpaired) electrons. The third-order valence-electron chi connectivity index (χ3n) is 5.84. The van der Waals surface area contributed by atoms with Gasteiger partial charge in [-0.15, -0.1) is 0 Å². The minimum atomic E-state index is -1.42. The van der Waals surface area contributed by atoms with E-state index < -0.39 is 35.9 Å². The van der Waals surface area contributed by atoms with Crippen molar-refractivity contribution >= 4 is 32.0 Å². The first-order valence-electron chi connectivity index (χ1n) is 11.9. The average molecular weight is 500 g/mol. The van der Waals surface area contributed by atoms with E-state index in [9.17, 15) is 19.2 Å². The summed E-state index contributed by atoms with van der Waals surface area (Å²) in [6.45, 7) is 5.49. The number of carbonyl (C=O) groups is 4. The Hall–Kier alpha value is -4.20. The number of ether oxygens (including phenoxy) is 3. The minimum absolute atomic E-state index is 0.176. The zero-order valence-electron chi connectivity index (χ0n) is 21.3. The molecule has 8 heteroatoms. The molecule has 0 unspecified atom stereocenters. The third-order valence-corrected chi connectivity index (χ3v) is 5.84. The molecule has 0 aromatic heterocycles. The van der Waals surface area contributed by atoms with E-state index in [1.165, 1.54) is 0 Å². The van der Waals surface area contributed by atoms with Crippen molar-refractivity contribution in [3.05, 3.63) is 106 Å². The fraction of sp³-hybridized carbons (Fsp3) is 0.241. The van der Waals surface area contributed by atoms with Gasteiger partial charge in [-0.3, -0.25) is 4.79 Å². The summed E-state index contributed by atoms with van der Waals surface area (Å²) in [6, 6.07) is 20.3. The average Bonchev–Trinajstić information content (AvgIpc) is 2.90. The zero-order valence-corrected chi connectivity index (χ0v) is 21.3. The highest BCUT2D eigenvalue weighted by Gasteiger charge is 2.34. The molecule has 0 saturated carbocycles. The molecule has 0 aliphatic rings. The van der Waals surface area contributed by atoms with Crippen LogP contribution >= 0.6 is 0 Å². The Morgan fingerprint density at radius 1 is 0.676 bits per heavy atom. The fourth-order valence-corrected chi connectivity index (χ4v) is 3.52. The predicted molar refractivity (Wildman–Crippen MR) is 141 cm³/mol. The lowest BCUT2D eigenvalue weighted by atomic mass is 9.80. The Labute approximate surface area is 217 Å². The number of hydrogen-bond donors (Lipinski definition) is 0. The van der Waals surface area contributed by atoms with Crippen LogP contribution in [0.3, 0.4) is 0 Å². The minimum Gasteiger partial charge on any atom is -0.462 e. The van der Waals surface area contributed by atoms with Crippen molar-refractivity contribution in [3.63, 3.8) is 0 Å². The molecule has 3 aromatic carbocycles. The molecular formula is C29H29BO7. The SMILES string of the molecule is B[C@H](COC(=O)c1ccc(C)cc1)[C@H](OC(=O)c1ccc(C)cc1)[C@@H](C=O)OC(=O)c1ccc(C)cc1. The summed E-state index contributed by atoms with van der Waals surface area (Å²) in [5.74, 6) is -2.67. The zero-order chi connectivity index (χ0) is 26.9. The summed E-state index contributed by atoms with van der Waals surface area (Å²) < 4.78 is 16.5. The van der Waals surface area contributed by atoms with Gasteiger partial charge >= 0.3 is 17.9 Å². The number of rotatable bonds is 10. The summed E-state index contributed by atoms with van der Waals surface area (Å²) in [5, 5.41) is 0. The smallest absolute Gasteiger partial charge is 0.338 e. The van der Waals surface area contributed by atoms with E-state index in [2.05, 4.69) is 0 Å². The lowest BCUT2D eigenvalue weighted by Crippen LogP contribution is -2.41. The van der Waals surface area contributed by atoms with Crippen LogP contribution in [0.25, 0.3) is 0 Å². The summed E-state index contributed by atoms with van der Waals surface area (Å²) in [4.78, 5) is 50.2. The number of aldehydes is 1. The van der Waals surface area contributed by atoms with Gasteiger partial charge in [0.1, 0.15) is 14.0 Å². The van der Waals surface area contributed by atoms with Crippen LogP contribution in [-0.2, 0) is 19.0 Å². The van der Waals surface area contributed by atoms with Gasteiger partial charge in [0.15, 0.2) is 12.4 Å². The summed E-state index contributed by atoms with van der Waals surface area (Å²) in [6.07, 6.45) is -2.21. The fourth-order valence-electron chi connectivity index (χ4n) is 3.52. The second-order valence-corrected chi connectivity index (χ2v) is 9.05. The van der Waals surface area contributed by atoms with E-state index in [4.69, 9.17) is 14.2 Å². The maximum Gasteiger partial charge on any atom is 0.338 e. The summed E-state index contributed by atoms with van der Waals surface area (Å²) >= 11 is 0. The van der Waals surface area contributed by atoms with Crippen LogP contribution in [0.5, 0.6) is 0 Å². The van der Waals surface area contributed by atoms with E-state index in [1.807, 2.05) is 20.8 Å². The van der Waals surface area contributed by atoms with Crippen LogP contribution in [0.1, 0.15) is 47.8 Å². The maximum atomic E-state index is 12.9. The van der Waals surface area contributed by atoms with Crippen molar-refractivity contribution in [2.24, 2.45) is 0 Å². The highest BCUT2D eigenvalue weighted by atomic mass is 16.6. The molecule has 0 bridgehead atoms. The van der Waals surface area contributed by atoms with E-state index in [-0.39, 0.29) is 17.7 Å². The summed E-state index contributed by atoms with van der Waals surface area (Å²) in [7, 11) is 1.64. The molecule has 7 nitrogen and oxygen atoms in total. The number of hydrogen-bond acceptors (Lipinski definition) is 7. The first-order valence-corrected chi connectivity index (χ1v) is 11.9. The van der Waals surface area contributed by atoms with Crippen molar-refractivity contribution in [3.8, 4) is 0 Å². The normalized spacial score (nSPS) is 13.1. The van der Waals surface area contributed by atoms with Crippen molar-refractivity contribution in [1.29, 1.82) is 0 Å². The van der Waals surface area contributed by atoms with E-state index in [1.54, 1.807) is 80.6 Å². The van der Waals surface area contributed by atoms with E-state index in [0.717, 1.165) is 16.7 Å². The molecule has 0 heterocycles. The molecule has 0 N–H and O–H groups in total. The van der Waals surface area contributed by atoms with Crippen molar-refractivity contribution in [2.45, 2.75) is 38.8 Å². The standard InChI is InChI=1S/C29H29BO7/c1-18-4-10-21(11-5-18)27(32)35-17-24(30)26(37-29(34)23-14-8-20(3)9-15-23)25(16-31)36-28(33)22-12-6-19(2)7-13-22/h4-16,24-26H,17,30H2,1-3H3/t24-,25-,26+/m1/s1. The Kier molecular flexibility index (Phi) is 9.38. The van der Waals surface area contributed by atoms with Crippen LogP contribution in [0, 0.1) is 20.8 Å². The molecule has 190 valence electrons. The van der Waals surface area contributed by atoms with Gasteiger partial charge in [-0.2, -0.15) is 0 Å². The van der Waals surface area contributed by atoms with Gasteiger partial charge in [0, 0.05) is 5.82 Å². The number of esters is 3. The Morgan fingerprint density at radius 2 is 1.05 bits per heavy atom. The highest BCUT2D eigenvalue weighted by molar-refractivity contribution is 6.12. The van der Waals surface area contributed by atoms with Gasteiger partial charge in [-0.1, -0.05) is 53.1 Å². The second-order valence-electron chi connectivity index (χ2n) is 9.05. The van der Waals surface area contributed by atoms with Crippen LogP contribution < -0.4 is 0 Å². The molecule has 0 aliphatic carbocycles. The Bertz CT molecular complexity index is 1230. The monoisotopic (exact) mass is 500 g/mol. The molecule has 3 atom stereocenters. The van der Waals surface area contributed by atoms with E-state index in [0.29, 0.717) is 11.8 Å². The summed E-state index contributed by atoms with van der Waals surface area (Å²) in [5.41, 5.74) is 3.80. The molecule has 37 heavy (non-hydrogen) atoms. The van der Waals surface area contributed by atoms with Gasteiger partial charge in [-0.05, 0) is 57.2 Å². The van der Waals surface area contributed by atoms with Gasteiger partial charge in [0.05, 0.1) is 23.3 Å². The molecule has 3 aromatic rings. The maximum absolute atomic E-state index is 12.9. The third kappa shape index (κ3) is 7.64. The van der Waals surface area contributed by atoms with Gasteiger partial charge in [0.2, 0.25) is 0 Å². The molecule has 0 aliphatic heterocycles. The largest absolute Gasteiger partial charge is 0.462 e. The lowest BCUT2D eigenvalue weighted by Gasteiger charge is -2.28. The molecular weight excluding hydrogens is 471 g/mol. The van der Waals surface area contributed by atoms with Crippen molar-refractivity contribution < 1.29 is 33.4 Å². The molecule has 0 saturated heterocycles. The Morgan fingerprint density at radius 3 is 1.46 bits per heavy atom. The predicted octanol–water partition coefficient (Wildman–Crippen LogP) is 3.84. The topological polar surface area (TPSA) is 96.0 Å². The van der Waals surface area contributed by atoms with Crippen molar-refractivity contribution in [1.82, 2.24) is 0 Å². The first kappa shape index (κ1) is 27.4. The van der Waals surface area contributed by atoms with Gasteiger partial charge in [-0.25, -0.2) is 14.4 Å². The first-order chi connectivity index (χ1) is 17.7. The molecule has 0 spiro atoms. The van der Waals surface area contributed by atoms with Gasteiger partial charge in [0.25, 0.3) is 0 Å². The van der Waals surface area contributed by atoms with E-state index >= 15 is 0 Å². The Balaban J connectivity index is 1.78. The van der Waals surface area contributed by atoms with Crippen LogP contribution in [0.15, 0.2) is 72.8 Å².